The van der Waals surface area contributed by atoms with Crippen molar-refractivity contribution in [3.63, 3.8) is 0 Å². The molecule has 3 heteroatoms. The summed E-state index contributed by atoms with van der Waals surface area (Å²) in [5, 5.41) is 3.50. The molecule has 0 N–H and O–H groups in total. The molecule has 1 aromatic carbocycles. The molecule has 2 nitrogen and oxygen atoms in total. The summed E-state index contributed by atoms with van der Waals surface area (Å²) in [5.41, 5.74) is 3.58. The smallest absolute Gasteiger partial charge is 0.0963 e. The second-order valence-corrected chi connectivity index (χ2v) is 5.68. The predicted molar refractivity (Wildman–Crippen MR) is 73.9 cm³/mol. The van der Waals surface area contributed by atoms with Gasteiger partial charge in [-0.2, -0.15) is 0 Å². The van der Waals surface area contributed by atoms with Crippen molar-refractivity contribution in [2.75, 3.05) is 19.0 Å². The molecule has 0 spiro atoms. The number of anilines is 1. The van der Waals surface area contributed by atoms with Crippen LogP contribution >= 0.6 is 11.3 Å². The Balaban J connectivity index is 1.86. The highest BCUT2D eigenvalue weighted by atomic mass is 32.1. The van der Waals surface area contributed by atoms with Gasteiger partial charge < -0.3 is 4.90 Å². The van der Waals surface area contributed by atoms with Crippen molar-refractivity contribution in [2.24, 2.45) is 0 Å². The first-order chi connectivity index (χ1) is 8.24. The van der Waals surface area contributed by atoms with E-state index in [1.165, 1.54) is 29.1 Å². The maximum atomic E-state index is 4.72. The molecule has 1 aliphatic carbocycles. The highest BCUT2D eigenvalue weighted by Crippen LogP contribution is 2.42. The number of nitrogens with zero attached hydrogens (tertiary/aromatic N) is 2. The molecule has 2 aromatic rings. The van der Waals surface area contributed by atoms with Crippen LogP contribution in [0.4, 0.5) is 5.69 Å². The second kappa shape index (κ2) is 4.15. The van der Waals surface area contributed by atoms with E-state index in [4.69, 9.17) is 4.98 Å². The van der Waals surface area contributed by atoms with Gasteiger partial charge in [-0.1, -0.05) is 12.1 Å². The molecule has 0 atom stereocenters. The molecule has 88 valence electrons. The van der Waals surface area contributed by atoms with E-state index in [-0.39, 0.29) is 0 Å². The van der Waals surface area contributed by atoms with Crippen molar-refractivity contribution < 1.29 is 0 Å². The van der Waals surface area contributed by atoms with Gasteiger partial charge in [-0.25, -0.2) is 4.98 Å². The van der Waals surface area contributed by atoms with Crippen molar-refractivity contribution in [3.8, 4) is 11.3 Å². The average molecular weight is 244 g/mol. The molecular formula is C14H16N2S. The van der Waals surface area contributed by atoms with Gasteiger partial charge in [0.25, 0.3) is 0 Å². The summed E-state index contributed by atoms with van der Waals surface area (Å²) >= 11 is 1.80. The molecule has 1 saturated carbocycles. The number of aromatic nitrogens is 1. The monoisotopic (exact) mass is 244 g/mol. The maximum Gasteiger partial charge on any atom is 0.0963 e. The minimum atomic E-state index is 0.759. The third kappa shape index (κ3) is 2.20. The van der Waals surface area contributed by atoms with Gasteiger partial charge in [-0.15, -0.1) is 11.3 Å². The topological polar surface area (TPSA) is 16.1 Å². The van der Waals surface area contributed by atoms with E-state index in [0.29, 0.717) is 0 Å². The standard InChI is InChI=1S/C14H16N2S/c1-16(2)12-7-5-10(6-8-12)13-9-17-14(15-13)11-3-4-11/h5-9,11H,3-4H2,1-2H3. The minimum absolute atomic E-state index is 0.759. The summed E-state index contributed by atoms with van der Waals surface area (Å²) in [6.45, 7) is 0. The molecule has 0 amide bonds. The van der Waals surface area contributed by atoms with E-state index in [2.05, 4.69) is 48.6 Å². The third-order valence-corrected chi connectivity index (χ3v) is 4.14. The summed E-state index contributed by atoms with van der Waals surface area (Å²) in [6.07, 6.45) is 2.65. The molecule has 0 bridgehead atoms. The van der Waals surface area contributed by atoms with Crippen LogP contribution in [-0.2, 0) is 0 Å². The Morgan fingerprint density at radius 1 is 1.18 bits per heavy atom. The zero-order chi connectivity index (χ0) is 11.8. The van der Waals surface area contributed by atoms with E-state index in [0.717, 1.165) is 11.6 Å². The maximum absolute atomic E-state index is 4.72. The fourth-order valence-electron chi connectivity index (χ4n) is 1.87. The minimum Gasteiger partial charge on any atom is -0.378 e. The van der Waals surface area contributed by atoms with Crippen LogP contribution in [-0.4, -0.2) is 19.1 Å². The Labute approximate surface area is 106 Å². The van der Waals surface area contributed by atoms with Crippen molar-refractivity contribution in [1.82, 2.24) is 4.98 Å². The zero-order valence-corrected chi connectivity index (χ0v) is 11.0. The molecule has 3 rings (SSSR count). The Morgan fingerprint density at radius 2 is 1.88 bits per heavy atom. The van der Waals surface area contributed by atoms with Crippen LogP contribution in [0.3, 0.4) is 0 Å². The van der Waals surface area contributed by atoms with Crippen LogP contribution in [0.5, 0.6) is 0 Å². The van der Waals surface area contributed by atoms with Crippen LogP contribution in [0.15, 0.2) is 29.6 Å². The van der Waals surface area contributed by atoms with Crippen molar-refractivity contribution >= 4 is 17.0 Å². The average Bonchev–Trinajstić information content (AvgIpc) is 3.07. The van der Waals surface area contributed by atoms with Gasteiger partial charge in [0, 0.05) is 36.6 Å². The second-order valence-electron chi connectivity index (χ2n) is 4.79. The van der Waals surface area contributed by atoms with Crippen LogP contribution in [0.1, 0.15) is 23.8 Å². The lowest BCUT2D eigenvalue weighted by molar-refractivity contribution is 1.08. The molecule has 0 unspecified atom stereocenters. The van der Waals surface area contributed by atoms with Gasteiger partial charge in [-0.3, -0.25) is 0 Å². The van der Waals surface area contributed by atoms with E-state index in [1.54, 1.807) is 11.3 Å². The summed E-state index contributed by atoms with van der Waals surface area (Å²) < 4.78 is 0. The highest BCUT2D eigenvalue weighted by Gasteiger charge is 2.26. The highest BCUT2D eigenvalue weighted by molar-refractivity contribution is 7.10. The first-order valence-corrected chi connectivity index (χ1v) is 6.85. The lowest BCUT2D eigenvalue weighted by atomic mass is 10.1. The lowest BCUT2D eigenvalue weighted by Gasteiger charge is -2.12. The Morgan fingerprint density at radius 3 is 2.47 bits per heavy atom. The molecule has 1 aliphatic rings. The van der Waals surface area contributed by atoms with E-state index < -0.39 is 0 Å². The van der Waals surface area contributed by atoms with Gasteiger partial charge in [0.1, 0.15) is 0 Å². The normalized spacial score (nSPS) is 14.9. The number of benzene rings is 1. The summed E-state index contributed by atoms with van der Waals surface area (Å²) in [4.78, 5) is 6.83. The third-order valence-electron chi connectivity index (χ3n) is 3.13. The van der Waals surface area contributed by atoms with Crippen LogP contribution in [0.2, 0.25) is 0 Å². The molecule has 0 aliphatic heterocycles. The van der Waals surface area contributed by atoms with E-state index in [9.17, 15) is 0 Å². The number of thiazole rings is 1. The van der Waals surface area contributed by atoms with Gasteiger partial charge >= 0.3 is 0 Å². The van der Waals surface area contributed by atoms with Crippen LogP contribution < -0.4 is 4.90 Å². The van der Waals surface area contributed by atoms with Gasteiger partial charge in [0.15, 0.2) is 0 Å². The Bertz CT molecular complexity index is 509. The Hall–Kier alpha value is -1.35. The van der Waals surface area contributed by atoms with Crippen molar-refractivity contribution in [2.45, 2.75) is 18.8 Å². The fourth-order valence-corrected chi connectivity index (χ4v) is 2.87. The van der Waals surface area contributed by atoms with E-state index in [1.807, 2.05) is 0 Å². The van der Waals surface area contributed by atoms with Gasteiger partial charge in [0.05, 0.1) is 10.7 Å². The molecule has 1 heterocycles. The first-order valence-electron chi connectivity index (χ1n) is 5.97. The SMILES string of the molecule is CN(C)c1ccc(-c2csc(C3CC3)n2)cc1. The molecule has 1 aromatic heterocycles. The van der Waals surface area contributed by atoms with Crippen LogP contribution in [0.25, 0.3) is 11.3 Å². The predicted octanol–water partition coefficient (Wildman–Crippen LogP) is 3.75. The van der Waals surface area contributed by atoms with Crippen molar-refractivity contribution in [3.05, 3.63) is 34.7 Å². The van der Waals surface area contributed by atoms with Gasteiger partial charge in [-0.05, 0) is 25.0 Å². The number of hydrogen-bond acceptors (Lipinski definition) is 3. The zero-order valence-electron chi connectivity index (χ0n) is 10.2. The largest absolute Gasteiger partial charge is 0.378 e. The summed E-state index contributed by atoms with van der Waals surface area (Å²) in [6, 6.07) is 8.60. The first kappa shape index (κ1) is 10.8. The molecule has 0 saturated heterocycles. The fraction of sp³-hybridized carbons (Fsp3) is 0.357. The summed E-state index contributed by atoms with van der Waals surface area (Å²) in [5.74, 6) is 0.759. The number of hydrogen-bond donors (Lipinski definition) is 0. The molecule has 17 heavy (non-hydrogen) atoms. The van der Waals surface area contributed by atoms with Gasteiger partial charge in [0.2, 0.25) is 0 Å². The lowest BCUT2D eigenvalue weighted by Crippen LogP contribution is -2.07. The quantitative estimate of drug-likeness (QED) is 0.817. The Kier molecular flexibility index (Phi) is 2.63. The molecule has 1 fully saturated rings. The molecular weight excluding hydrogens is 228 g/mol. The van der Waals surface area contributed by atoms with Crippen LogP contribution in [0, 0.1) is 0 Å². The molecule has 0 radical (unpaired) electrons. The van der Waals surface area contributed by atoms with E-state index >= 15 is 0 Å². The summed E-state index contributed by atoms with van der Waals surface area (Å²) in [7, 11) is 4.12. The van der Waals surface area contributed by atoms with Crippen molar-refractivity contribution in [1.29, 1.82) is 0 Å². The number of rotatable bonds is 3.